The van der Waals surface area contributed by atoms with Gasteiger partial charge in [0.2, 0.25) is 0 Å². The molecular weight excluding hydrogens is 352 g/mol. The number of benzene rings is 1. The number of thiophene rings is 1. The van der Waals surface area contributed by atoms with Crippen LogP contribution in [0.4, 0.5) is 8.78 Å². The molecule has 1 aromatic heterocycles. The van der Waals surface area contributed by atoms with Crippen LogP contribution in [-0.4, -0.2) is 12.3 Å². The van der Waals surface area contributed by atoms with Crippen LogP contribution in [0.2, 0.25) is 0 Å². The van der Waals surface area contributed by atoms with E-state index in [0.717, 1.165) is 29.7 Å². The highest BCUT2D eigenvalue weighted by molar-refractivity contribution is 9.10. The van der Waals surface area contributed by atoms with Crippen molar-refractivity contribution in [1.29, 1.82) is 0 Å². The molecule has 2 aromatic rings. The highest BCUT2D eigenvalue weighted by Gasteiger charge is 2.04. The minimum absolute atomic E-state index is 0.362. The van der Waals surface area contributed by atoms with Crippen LogP contribution in [0.25, 0.3) is 0 Å². The Morgan fingerprint density at radius 2 is 2.11 bits per heavy atom. The summed E-state index contributed by atoms with van der Waals surface area (Å²) in [6.45, 7) is 1.54. The van der Waals surface area contributed by atoms with Crippen LogP contribution < -0.4 is 5.32 Å². The third-order valence-corrected chi connectivity index (χ3v) is 5.08. The zero-order valence-electron chi connectivity index (χ0n) is 9.96. The average Bonchev–Trinajstić information content (AvgIpc) is 2.79. The van der Waals surface area contributed by atoms with Gasteiger partial charge in [-0.15, -0.1) is 23.1 Å². The molecule has 0 aliphatic carbocycles. The van der Waals surface area contributed by atoms with Gasteiger partial charge in [-0.1, -0.05) is 0 Å². The first kappa shape index (κ1) is 15.0. The van der Waals surface area contributed by atoms with E-state index in [4.69, 9.17) is 0 Å². The van der Waals surface area contributed by atoms with E-state index in [0.29, 0.717) is 10.6 Å². The smallest absolute Gasteiger partial charge is 0.136 e. The standard InChI is InChI=1S/C13H12BrF2NS2/c14-9-5-11(19-8-9)7-17-3-4-18-13-6-10(15)1-2-12(13)16/h1-2,5-6,8,17H,3-4,7H2. The predicted octanol–water partition coefficient (Wildman–Crippen LogP) is 4.67. The Kier molecular flexibility index (Phi) is 5.81. The predicted molar refractivity (Wildman–Crippen MR) is 80.8 cm³/mol. The van der Waals surface area contributed by atoms with E-state index in [-0.39, 0.29) is 5.82 Å². The quantitative estimate of drug-likeness (QED) is 0.591. The molecule has 0 aliphatic heterocycles. The SMILES string of the molecule is Fc1ccc(F)c(SCCNCc2cc(Br)cs2)c1. The molecule has 1 aromatic carbocycles. The second-order valence-electron chi connectivity index (χ2n) is 3.83. The lowest BCUT2D eigenvalue weighted by molar-refractivity contribution is 0.577. The van der Waals surface area contributed by atoms with Crippen molar-refractivity contribution in [2.45, 2.75) is 11.4 Å². The Labute approximate surface area is 127 Å². The number of hydrogen-bond acceptors (Lipinski definition) is 3. The summed E-state index contributed by atoms with van der Waals surface area (Å²) in [7, 11) is 0. The maximum absolute atomic E-state index is 13.3. The zero-order chi connectivity index (χ0) is 13.7. The van der Waals surface area contributed by atoms with E-state index >= 15 is 0 Å². The maximum Gasteiger partial charge on any atom is 0.136 e. The Morgan fingerprint density at radius 1 is 1.26 bits per heavy atom. The molecule has 1 heterocycles. The van der Waals surface area contributed by atoms with Gasteiger partial charge in [-0.25, -0.2) is 8.78 Å². The molecule has 0 atom stereocenters. The molecular formula is C13H12BrF2NS2. The largest absolute Gasteiger partial charge is 0.311 e. The summed E-state index contributed by atoms with van der Waals surface area (Å²) in [5.74, 6) is -0.0682. The molecule has 0 saturated carbocycles. The third kappa shape index (κ3) is 4.87. The van der Waals surface area contributed by atoms with Gasteiger partial charge in [0.05, 0.1) is 0 Å². The van der Waals surface area contributed by atoms with Crippen LogP contribution in [0, 0.1) is 11.6 Å². The molecule has 102 valence electrons. The van der Waals surface area contributed by atoms with Gasteiger partial charge < -0.3 is 5.32 Å². The van der Waals surface area contributed by atoms with Crippen molar-refractivity contribution in [2.75, 3.05) is 12.3 Å². The Morgan fingerprint density at radius 3 is 2.84 bits per heavy atom. The second-order valence-corrected chi connectivity index (χ2v) is 6.88. The summed E-state index contributed by atoms with van der Waals surface area (Å²) in [5.41, 5.74) is 0. The third-order valence-electron chi connectivity index (χ3n) is 2.35. The summed E-state index contributed by atoms with van der Waals surface area (Å²) in [5, 5.41) is 5.31. The zero-order valence-corrected chi connectivity index (χ0v) is 13.2. The van der Waals surface area contributed by atoms with Crippen molar-refractivity contribution >= 4 is 39.0 Å². The Bertz CT molecular complexity index is 545. The van der Waals surface area contributed by atoms with Crippen LogP contribution in [0.1, 0.15) is 4.88 Å². The van der Waals surface area contributed by atoms with Gasteiger partial charge in [-0.2, -0.15) is 0 Å². The van der Waals surface area contributed by atoms with Crippen LogP contribution in [0.15, 0.2) is 39.0 Å². The van der Waals surface area contributed by atoms with Crippen LogP contribution in [0.5, 0.6) is 0 Å². The molecule has 1 nitrogen and oxygen atoms in total. The first-order chi connectivity index (χ1) is 9.15. The monoisotopic (exact) mass is 363 g/mol. The number of thioether (sulfide) groups is 1. The van der Waals surface area contributed by atoms with E-state index in [1.165, 1.54) is 22.7 Å². The second kappa shape index (κ2) is 7.38. The molecule has 0 fully saturated rings. The fourth-order valence-corrected chi connectivity index (χ4v) is 3.77. The summed E-state index contributed by atoms with van der Waals surface area (Å²) >= 11 is 6.40. The first-order valence-corrected chi connectivity index (χ1v) is 8.32. The highest BCUT2D eigenvalue weighted by atomic mass is 79.9. The van der Waals surface area contributed by atoms with E-state index in [1.807, 2.05) is 5.38 Å². The molecule has 0 unspecified atom stereocenters. The number of rotatable bonds is 6. The molecule has 0 spiro atoms. The lowest BCUT2D eigenvalue weighted by Crippen LogP contribution is -2.15. The van der Waals surface area contributed by atoms with Crippen molar-refractivity contribution < 1.29 is 8.78 Å². The topological polar surface area (TPSA) is 12.0 Å². The van der Waals surface area contributed by atoms with Crippen molar-refractivity contribution in [1.82, 2.24) is 5.32 Å². The molecule has 6 heteroatoms. The molecule has 0 amide bonds. The normalized spacial score (nSPS) is 10.9. The number of halogens is 3. The summed E-state index contributed by atoms with van der Waals surface area (Å²) < 4.78 is 27.4. The van der Waals surface area contributed by atoms with Crippen LogP contribution in [0.3, 0.4) is 0 Å². The fourth-order valence-electron chi connectivity index (χ4n) is 1.48. The molecule has 1 N–H and O–H groups in total. The van der Waals surface area contributed by atoms with E-state index in [9.17, 15) is 8.78 Å². The maximum atomic E-state index is 13.3. The highest BCUT2D eigenvalue weighted by Crippen LogP contribution is 2.22. The molecule has 2 rings (SSSR count). The summed E-state index contributed by atoms with van der Waals surface area (Å²) in [6, 6.07) is 5.59. The van der Waals surface area contributed by atoms with Crippen molar-refractivity contribution in [3.05, 3.63) is 50.6 Å². The fraction of sp³-hybridized carbons (Fsp3) is 0.231. The molecule has 0 bridgehead atoms. The molecule has 0 aliphatic rings. The number of hydrogen-bond donors (Lipinski definition) is 1. The Balaban J connectivity index is 1.70. The van der Waals surface area contributed by atoms with Gasteiger partial charge in [0.25, 0.3) is 0 Å². The van der Waals surface area contributed by atoms with Gasteiger partial charge in [0.15, 0.2) is 0 Å². The lowest BCUT2D eigenvalue weighted by Gasteiger charge is -2.04. The van der Waals surface area contributed by atoms with Crippen LogP contribution in [-0.2, 0) is 6.54 Å². The first-order valence-electron chi connectivity index (χ1n) is 5.66. The molecule has 19 heavy (non-hydrogen) atoms. The minimum atomic E-state index is -0.403. The molecule has 0 saturated heterocycles. The van der Waals surface area contributed by atoms with Crippen molar-refractivity contribution in [2.24, 2.45) is 0 Å². The molecule has 0 radical (unpaired) electrons. The van der Waals surface area contributed by atoms with E-state index in [2.05, 4.69) is 27.3 Å². The number of nitrogens with one attached hydrogen (secondary N) is 1. The lowest BCUT2D eigenvalue weighted by atomic mass is 10.3. The van der Waals surface area contributed by atoms with Gasteiger partial charge >= 0.3 is 0 Å². The van der Waals surface area contributed by atoms with E-state index < -0.39 is 5.82 Å². The van der Waals surface area contributed by atoms with E-state index in [1.54, 1.807) is 11.3 Å². The summed E-state index contributed by atoms with van der Waals surface area (Å²) in [4.78, 5) is 1.61. The van der Waals surface area contributed by atoms with Crippen molar-refractivity contribution in [3.63, 3.8) is 0 Å². The van der Waals surface area contributed by atoms with Gasteiger partial charge in [0.1, 0.15) is 11.6 Å². The minimum Gasteiger partial charge on any atom is -0.311 e. The van der Waals surface area contributed by atoms with Gasteiger partial charge in [0, 0.05) is 38.5 Å². The summed E-state index contributed by atoms with van der Waals surface area (Å²) in [6.07, 6.45) is 0. The van der Waals surface area contributed by atoms with Gasteiger partial charge in [-0.3, -0.25) is 0 Å². The Hall–Kier alpha value is -0.430. The average molecular weight is 364 g/mol. The van der Waals surface area contributed by atoms with Gasteiger partial charge in [-0.05, 0) is 40.2 Å². The van der Waals surface area contributed by atoms with Crippen LogP contribution >= 0.6 is 39.0 Å². The van der Waals surface area contributed by atoms with Crippen molar-refractivity contribution in [3.8, 4) is 0 Å².